The third-order valence-corrected chi connectivity index (χ3v) is 6.97. The molecule has 2 aromatic rings. The van der Waals surface area contributed by atoms with Gasteiger partial charge in [-0.1, -0.05) is 44.0 Å². The highest BCUT2D eigenvalue weighted by molar-refractivity contribution is 7.91. The van der Waals surface area contributed by atoms with Gasteiger partial charge in [0.25, 0.3) is 5.91 Å². The van der Waals surface area contributed by atoms with Crippen molar-refractivity contribution in [2.24, 2.45) is 0 Å². The van der Waals surface area contributed by atoms with Gasteiger partial charge in [0.05, 0.1) is 33.3 Å². The fourth-order valence-corrected chi connectivity index (χ4v) is 4.92. The van der Waals surface area contributed by atoms with Gasteiger partial charge >= 0.3 is 0 Å². The standard InChI is InChI=1S/C18H21Cl2N3O3S/c1-18(2,3)15-9-16(23(22-15)12-6-7-27(25,26)10-12)21-17(24)11-4-5-13(19)14(20)8-11/h4-5,8-9,12H,6-7,10H2,1-3H3,(H,21,24)/t12-/m0/s1. The number of benzene rings is 1. The van der Waals surface area contributed by atoms with Crippen molar-refractivity contribution in [3.63, 3.8) is 0 Å². The molecule has 0 unspecified atom stereocenters. The van der Waals surface area contributed by atoms with E-state index in [1.54, 1.807) is 22.9 Å². The fraction of sp³-hybridized carbons (Fsp3) is 0.444. The first-order valence-electron chi connectivity index (χ1n) is 8.53. The molecule has 0 spiro atoms. The molecule has 1 aliphatic heterocycles. The Morgan fingerprint density at radius 3 is 2.48 bits per heavy atom. The number of halogens is 2. The lowest BCUT2D eigenvalue weighted by molar-refractivity contribution is 0.102. The van der Waals surface area contributed by atoms with Crippen molar-refractivity contribution in [3.05, 3.63) is 45.6 Å². The summed E-state index contributed by atoms with van der Waals surface area (Å²) in [6.07, 6.45) is 0.475. The van der Waals surface area contributed by atoms with E-state index in [1.807, 2.05) is 20.8 Å². The normalized spacial score (nSPS) is 19.2. The van der Waals surface area contributed by atoms with Gasteiger partial charge in [-0.05, 0) is 24.6 Å². The Balaban J connectivity index is 1.94. The van der Waals surface area contributed by atoms with Crippen LogP contribution in [0.1, 0.15) is 49.3 Å². The van der Waals surface area contributed by atoms with Crippen LogP contribution in [-0.2, 0) is 15.3 Å². The number of amides is 1. The van der Waals surface area contributed by atoms with Crippen LogP contribution in [0, 0.1) is 0 Å². The topological polar surface area (TPSA) is 81.1 Å². The Bertz CT molecular complexity index is 994. The number of nitrogens with zero attached hydrogens (tertiary/aromatic N) is 2. The van der Waals surface area contributed by atoms with Gasteiger partial charge in [-0.15, -0.1) is 0 Å². The second-order valence-electron chi connectivity index (χ2n) is 7.75. The predicted molar refractivity (Wildman–Crippen MR) is 108 cm³/mol. The van der Waals surface area contributed by atoms with Crippen LogP contribution in [-0.4, -0.2) is 35.6 Å². The number of rotatable bonds is 3. The Morgan fingerprint density at radius 2 is 1.93 bits per heavy atom. The van der Waals surface area contributed by atoms with Crippen molar-refractivity contribution in [1.29, 1.82) is 0 Å². The van der Waals surface area contributed by atoms with Crippen molar-refractivity contribution in [2.75, 3.05) is 16.8 Å². The van der Waals surface area contributed by atoms with Gasteiger partial charge in [-0.25, -0.2) is 13.1 Å². The van der Waals surface area contributed by atoms with E-state index in [1.165, 1.54) is 6.07 Å². The first-order valence-corrected chi connectivity index (χ1v) is 11.1. The van der Waals surface area contributed by atoms with Crippen molar-refractivity contribution < 1.29 is 13.2 Å². The van der Waals surface area contributed by atoms with Crippen LogP contribution in [0.15, 0.2) is 24.3 Å². The molecule has 0 bridgehead atoms. The van der Waals surface area contributed by atoms with E-state index in [4.69, 9.17) is 23.2 Å². The second-order valence-corrected chi connectivity index (χ2v) is 10.8. The lowest BCUT2D eigenvalue weighted by atomic mass is 9.92. The molecule has 1 amide bonds. The molecule has 0 radical (unpaired) electrons. The minimum atomic E-state index is -3.08. The van der Waals surface area contributed by atoms with Crippen LogP contribution < -0.4 is 5.32 Å². The third kappa shape index (κ3) is 4.47. The van der Waals surface area contributed by atoms with Crippen LogP contribution >= 0.6 is 23.2 Å². The molecule has 1 atom stereocenters. The molecule has 1 aliphatic rings. The maximum absolute atomic E-state index is 12.7. The Morgan fingerprint density at radius 1 is 1.22 bits per heavy atom. The monoisotopic (exact) mass is 429 g/mol. The van der Waals surface area contributed by atoms with Gasteiger partial charge in [-0.2, -0.15) is 5.10 Å². The number of nitrogens with one attached hydrogen (secondary N) is 1. The summed E-state index contributed by atoms with van der Waals surface area (Å²) in [4.78, 5) is 12.7. The van der Waals surface area contributed by atoms with Crippen LogP contribution in [0.25, 0.3) is 0 Å². The van der Waals surface area contributed by atoms with Gasteiger partial charge in [0.15, 0.2) is 9.84 Å². The molecule has 0 saturated carbocycles. The zero-order valence-electron chi connectivity index (χ0n) is 15.3. The van der Waals surface area contributed by atoms with E-state index in [0.29, 0.717) is 22.8 Å². The van der Waals surface area contributed by atoms with Gasteiger partial charge in [-0.3, -0.25) is 4.79 Å². The molecular formula is C18H21Cl2N3O3S. The maximum Gasteiger partial charge on any atom is 0.256 e. The highest BCUT2D eigenvalue weighted by Gasteiger charge is 2.33. The molecule has 0 aliphatic carbocycles. The van der Waals surface area contributed by atoms with Crippen molar-refractivity contribution in [2.45, 2.75) is 38.6 Å². The van der Waals surface area contributed by atoms with Crippen molar-refractivity contribution >= 4 is 44.8 Å². The summed E-state index contributed by atoms with van der Waals surface area (Å²) in [7, 11) is -3.08. The third-order valence-electron chi connectivity index (χ3n) is 4.48. The molecule has 1 N–H and O–H groups in total. The fourth-order valence-electron chi connectivity index (χ4n) is 2.93. The Hall–Kier alpha value is -1.57. The smallest absolute Gasteiger partial charge is 0.256 e. The highest BCUT2D eigenvalue weighted by Crippen LogP contribution is 2.31. The van der Waals surface area contributed by atoms with Crippen molar-refractivity contribution in [3.8, 4) is 0 Å². The van der Waals surface area contributed by atoms with Crippen LogP contribution in [0.3, 0.4) is 0 Å². The second kappa shape index (κ2) is 7.11. The Kier molecular flexibility index (Phi) is 5.31. The van der Waals surface area contributed by atoms with Gasteiger partial charge in [0.1, 0.15) is 5.82 Å². The number of hydrogen-bond acceptors (Lipinski definition) is 4. The summed E-state index contributed by atoms with van der Waals surface area (Å²) in [5.41, 5.74) is 0.885. The minimum Gasteiger partial charge on any atom is -0.307 e. The van der Waals surface area contributed by atoms with E-state index in [0.717, 1.165) is 5.69 Å². The lowest BCUT2D eigenvalue weighted by Gasteiger charge is -2.15. The lowest BCUT2D eigenvalue weighted by Crippen LogP contribution is -2.20. The van der Waals surface area contributed by atoms with Gasteiger partial charge in [0, 0.05) is 17.0 Å². The van der Waals surface area contributed by atoms with E-state index in [9.17, 15) is 13.2 Å². The number of aromatic nitrogens is 2. The van der Waals surface area contributed by atoms with Crippen molar-refractivity contribution in [1.82, 2.24) is 9.78 Å². The number of carbonyl (C=O) groups is 1. The summed E-state index contributed by atoms with van der Waals surface area (Å²) in [6.45, 7) is 6.03. The maximum atomic E-state index is 12.7. The SMILES string of the molecule is CC(C)(C)c1cc(NC(=O)c2ccc(Cl)c(Cl)c2)n([C@H]2CCS(=O)(=O)C2)n1. The van der Waals surface area contributed by atoms with E-state index in [2.05, 4.69) is 10.4 Å². The molecule has 6 nitrogen and oxygen atoms in total. The molecule has 1 aromatic heterocycles. The molecule has 9 heteroatoms. The summed E-state index contributed by atoms with van der Waals surface area (Å²) < 4.78 is 25.4. The summed E-state index contributed by atoms with van der Waals surface area (Å²) in [5, 5.41) is 8.09. The minimum absolute atomic E-state index is 0.0217. The van der Waals surface area contributed by atoms with Crippen LogP contribution in [0.4, 0.5) is 5.82 Å². The molecule has 2 heterocycles. The quantitative estimate of drug-likeness (QED) is 0.795. The van der Waals surface area contributed by atoms with E-state index in [-0.39, 0.29) is 33.9 Å². The Labute approximate surface area is 168 Å². The number of hydrogen-bond donors (Lipinski definition) is 1. The van der Waals surface area contributed by atoms with E-state index < -0.39 is 9.84 Å². The number of sulfone groups is 1. The van der Waals surface area contributed by atoms with Gasteiger partial charge < -0.3 is 5.32 Å². The molecule has 1 fully saturated rings. The van der Waals surface area contributed by atoms with Crippen LogP contribution in [0.2, 0.25) is 10.0 Å². The zero-order chi connectivity index (χ0) is 20.0. The summed E-state index contributed by atoms with van der Waals surface area (Å²) >= 11 is 11.9. The zero-order valence-corrected chi connectivity index (χ0v) is 17.6. The highest BCUT2D eigenvalue weighted by atomic mass is 35.5. The molecule has 1 aromatic carbocycles. The average molecular weight is 430 g/mol. The molecule has 146 valence electrons. The van der Waals surface area contributed by atoms with Crippen LogP contribution in [0.5, 0.6) is 0 Å². The first-order chi connectivity index (χ1) is 12.5. The van der Waals surface area contributed by atoms with Gasteiger partial charge in [0.2, 0.25) is 0 Å². The number of anilines is 1. The summed E-state index contributed by atoms with van der Waals surface area (Å²) in [6, 6.07) is 6.12. The van der Waals surface area contributed by atoms with E-state index >= 15 is 0 Å². The average Bonchev–Trinajstić information content (AvgIpc) is 3.12. The molecule has 1 saturated heterocycles. The summed E-state index contributed by atoms with van der Waals surface area (Å²) in [5.74, 6) is 0.255. The predicted octanol–water partition coefficient (Wildman–Crippen LogP) is 4.10. The molecule has 27 heavy (non-hydrogen) atoms. The molecular weight excluding hydrogens is 409 g/mol. The largest absolute Gasteiger partial charge is 0.307 e. The first kappa shape index (κ1) is 20.2. The number of carbonyl (C=O) groups excluding carboxylic acids is 1. The molecule has 3 rings (SSSR count).